The number of hydrogen-bond donors (Lipinski definition) is 0. The van der Waals surface area contributed by atoms with Crippen LogP contribution in [0.4, 0.5) is 0 Å². The van der Waals surface area contributed by atoms with Crippen molar-refractivity contribution >= 4 is 5.97 Å². The van der Waals surface area contributed by atoms with Gasteiger partial charge >= 0.3 is 5.97 Å². The minimum Gasteiger partial charge on any atom is -0.454 e. The summed E-state index contributed by atoms with van der Waals surface area (Å²) in [5.74, 6) is 0.0394. The zero-order chi connectivity index (χ0) is 12.1. The Hall–Kier alpha value is -2.03. The van der Waals surface area contributed by atoms with Crippen LogP contribution < -0.4 is 0 Å². The van der Waals surface area contributed by atoms with Crippen molar-refractivity contribution < 1.29 is 9.53 Å². The second-order valence-corrected chi connectivity index (χ2v) is 4.97. The van der Waals surface area contributed by atoms with Gasteiger partial charge in [-0.15, -0.1) is 0 Å². The van der Waals surface area contributed by atoms with Crippen LogP contribution in [-0.2, 0) is 9.53 Å². The Morgan fingerprint density at radius 1 is 1.22 bits per heavy atom. The zero-order valence-electron chi connectivity index (χ0n) is 9.87. The lowest BCUT2D eigenvalue weighted by molar-refractivity contribution is -0.144. The number of allylic oxidation sites excluding steroid dienone is 4. The minimum atomic E-state index is -0.228. The third-order valence-corrected chi connectivity index (χ3v) is 3.91. The van der Waals surface area contributed by atoms with Crippen molar-refractivity contribution in [1.82, 2.24) is 4.90 Å². The molecule has 1 aliphatic carbocycles. The van der Waals surface area contributed by atoms with Crippen molar-refractivity contribution in [2.75, 3.05) is 0 Å². The maximum absolute atomic E-state index is 11.4. The number of fused-ring (bicyclic) bond motifs is 2. The summed E-state index contributed by atoms with van der Waals surface area (Å²) >= 11 is 0. The molecule has 3 heteroatoms. The number of carbonyl (C=O) groups excluding carboxylic acids is 1. The lowest BCUT2D eigenvalue weighted by Gasteiger charge is -2.42. The van der Waals surface area contributed by atoms with Crippen LogP contribution in [0.25, 0.3) is 0 Å². The highest BCUT2D eigenvalue weighted by molar-refractivity contribution is 5.84. The molecule has 0 aromatic rings. The Bertz CT molecular complexity index is 577. The molecule has 4 aliphatic rings. The van der Waals surface area contributed by atoms with Gasteiger partial charge in [0.1, 0.15) is 6.10 Å². The molecule has 2 unspecified atom stereocenters. The van der Waals surface area contributed by atoms with Crippen molar-refractivity contribution in [3.8, 4) is 0 Å². The average Bonchev–Trinajstić information content (AvgIpc) is 2.40. The Balaban J connectivity index is 1.86. The summed E-state index contributed by atoms with van der Waals surface area (Å²) in [5, 5.41) is 0. The summed E-state index contributed by atoms with van der Waals surface area (Å²) in [6.45, 7) is 0. The van der Waals surface area contributed by atoms with E-state index in [0.29, 0.717) is 0 Å². The Labute approximate surface area is 105 Å². The van der Waals surface area contributed by atoms with Gasteiger partial charge in [0.25, 0.3) is 0 Å². The van der Waals surface area contributed by atoms with Crippen molar-refractivity contribution in [2.24, 2.45) is 5.92 Å². The van der Waals surface area contributed by atoms with Crippen LogP contribution in [-0.4, -0.2) is 17.0 Å². The lowest BCUT2D eigenvalue weighted by Crippen LogP contribution is -2.39. The van der Waals surface area contributed by atoms with E-state index in [0.717, 1.165) is 18.4 Å². The second-order valence-electron chi connectivity index (χ2n) is 4.97. The van der Waals surface area contributed by atoms with Gasteiger partial charge in [-0.1, -0.05) is 18.2 Å². The molecule has 3 nitrogen and oxygen atoms in total. The third kappa shape index (κ3) is 1.27. The summed E-state index contributed by atoms with van der Waals surface area (Å²) in [6, 6.07) is 0. The predicted molar refractivity (Wildman–Crippen MR) is 67.0 cm³/mol. The summed E-state index contributed by atoms with van der Waals surface area (Å²) in [6.07, 6.45) is 15.9. The van der Waals surface area contributed by atoms with E-state index in [4.69, 9.17) is 4.74 Å². The molecule has 0 saturated carbocycles. The van der Waals surface area contributed by atoms with E-state index in [-0.39, 0.29) is 18.0 Å². The van der Waals surface area contributed by atoms with E-state index >= 15 is 0 Å². The number of rotatable bonds is 0. The van der Waals surface area contributed by atoms with Gasteiger partial charge in [0.05, 0.1) is 0 Å². The normalized spacial score (nSPS) is 31.9. The molecule has 0 radical (unpaired) electrons. The van der Waals surface area contributed by atoms with Crippen LogP contribution in [0.3, 0.4) is 0 Å². The smallest absolute Gasteiger partial charge is 0.331 e. The van der Waals surface area contributed by atoms with E-state index < -0.39 is 0 Å². The summed E-state index contributed by atoms with van der Waals surface area (Å²) in [5.41, 5.74) is 3.78. The van der Waals surface area contributed by atoms with E-state index in [9.17, 15) is 4.79 Å². The SMILES string of the molecule is O=C1C=CC2=CC3=C4C(CC=CN4C=CC3)C2O1. The fraction of sp³-hybridized carbons (Fsp3) is 0.267. The van der Waals surface area contributed by atoms with Crippen LogP contribution >= 0.6 is 0 Å². The van der Waals surface area contributed by atoms with Gasteiger partial charge in [-0.3, -0.25) is 0 Å². The monoisotopic (exact) mass is 239 g/mol. The van der Waals surface area contributed by atoms with Crippen molar-refractivity contribution in [3.63, 3.8) is 0 Å². The predicted octanol–water partition coefficient (Wildman–Crippen LogP) is 2.42. The molecule has 0 aromatic carbocycles. The van der Waals surface area contributed by atoms with Gasteiger partial charge in [-0.2, -0.15) is 0 Å². The molecule has 0 fully saturated rings. The third-order valence-electron chi connectivity index (χ3n) is 3.91. The number of carbonyl (C=O) groups is 1. The fourth-order valence-corrected chi connectivity index (χ4v) is 3.17. The Kier molecular flexibility index (Phi) is 1.92. The summed E-state index contributed by atoms with van der Waals surface area (Å²) in [7, 11) is 0. The standard InChI is InChI=1S/C15H13NO2/c17-13-6-5-11-9-10-3-1-7-16-8-2-4-12(14(10)16)15(11)18-13/h1-2,5-9,12,15H,3-4H2. The van der Waals surface area contributed by atoms with Gasteiger partial charge < -0.3 is 9.64 Å². The first-order valence-corrected chi connectivity index (χ1v) is 6.28. The van der Waals surface area contributed by atoms with Gasteiger partial charge in [-0.25, -0.2) is 4.79 Å². The van der Waals surface area contributed by atoms with E-state index in [1.54, 1.807) is 0 Å². The summed E-state index contributed by atoms with van der Waals surface area (Å²) < 4.78 is 5.51. The maximum Gasteiger partial charge on any atom is 0.331 e. The number of hydrogen-bond acceptors (Lipinski definition) is 3. The van der Waals surface area contributed by atoms with Gasteiger partial charge in [0.15, 0.2) is 0 Å². The van der Waals surface area contributed by atoms with E-state index in [1.165, 1.54) is 17.3 Å². The molecular formula is C15H13NO2. The summed E-state index contributed by atoms with van der Waals surface area (Å²) in [4.78, 5) is 13.6. The molecule has 2 atom stereocenters. The van der Waals surface area contributed by atoms with Crippen molar-refractivity contribution in [3.05, 3.63) is 59.6 Å². The highest BCUT2D eigenvalue weighted by Crippen LogP contribution is 2.43. The first-order valence-electron chi connectivity index (χ1n) is 6.28. The lowest BCUT2D eigenvalue weighted by atomic mass is 9.78. The van der Waals surface area contributed by atoms with E-state index in [1.807, 2.05) is 6.08 Å². The van der Waals surface area contributed by atoms with Gasteiger partial charge in [-0.05, 0) is 30.1 Å². The van der Waals surface area contributed by atoms with Crippen LogP contribution in [0.2, 0.25) is 0 Å². The molecular weight excluding hydrogens is 226 g/mol. The number of esters is 1. The van der Waals surface area contributed by atoms with Crippen molar-refractivity contribution in [2.45, 2.75) is 18.9 Å². The highest BCUT2D eigenvalue weighted by atomic mass is 16.5. The fourth-order valence-electron chi connectivity index (χ4n) is 3.17. The van der Waals surface area contributed by atoms with Crippen molar-refractivity contribution in [1.29, 1.82) is 0 Å². The minimum absolute atomic E-state index is 0.111. The van der Waals surface area contributed by atoms with Crippen LogP contribution in [0.1, 0.15) is 12.8 Å². The molecule has 0 aromatic heterocycles. The molecule has 0 bridgehead atoms. The molecule has 0 saturated heterocycles. The van der Waals surface area contributed by atoms with Crippen LogP contribution in [0.15, 0.2) is 59.6 Å². The molecule has 0 amide bonds. The number of ether oxygens (including phenoxy) is 1. The molecule has 3 heterocycles. The quantitative estimate of drug-likeness (QED) is 0.608. The molecule has 0 spiro atoms. The van der Waals surface area contributed by atoms with Gasteiger partial charge in [0, 0.05) is 30.1 Å². The second kappa shape index (κ2) is 3.48. The number of nitrogens with zero attached hydrogens (tertiary/aromatic N) is 1. The van der Waals surface area contributed by atoms with E-state index in [2.05, 4.69) is 35.5 Å². The average molecular weight is 239 g/mol. The zero-order valence-corrected chi connectivity index (χ0v) is 9.87. The van der Waals surface area contributed by atoms with Crippen LogP contribution in [0.5, 0.6) is 0 Å². The van der Waals surface area contributed by atoms with Crippen LogP contribution in [0, 0.1) is 5.92 Å². The van der Waals surface area contributed by atoms with Gasteiger partial charge in [0.2, 0.25) is 0 Å². The maximum atomic E-state index is 11.4. The molecule has 90 valence electrons. The highest BCUT2D eigenvalue weighted by Gasteiger charge is 2.39. The molecule has 0 N–H and O–H groups in total. The molecule has 4 rings (SSSR count). The largest absolute Gasteiger partial charge is 0.454 e. The Morgan fingerprint density at radius 3 is 3.06 bits per heavy atom. The molecule has 3 aliphatic heterocycles. The first-order chi connectivity index (χ1) is 8.83. The Morgan fingerprint density at radius 2 is 2.11 bits per heavy atom. The first kappa shape index (κ1) is 9.95. The topological polar surface area (TPSA) is 29.5 Å². The molecule has 18 heavy (non-hydrogen) atoms.